The van der Waals surface area contributed by atoms with Crippen molar-refractivity contribution in [2.45, 2.75) is 11.4 Å². The van der Waals surface area contributed by atoms with Gasteiger partial charge in [0.25, 0.3) is 0 Å². The molecule has 0 aliphatic heterocycles. The van der Waals surface area contributed by atoms with E-state index in [2.05, 4.69) is 10.3 Å². The van der Waals surface area contributed by atoms with E-state index in [1.807, 2.05) is 0 Å². The molecule has 1 N–H and O–H groups in total. The molecule has 1 aromatic heterocycles. The molecule has 20 heavy (non-hydrogen) atoms. The molecule has 0 spiro atoms. The van der Waals surface area contributed by atoms with E-state index in [0.717, 1.165) is 12.3 Å². The summed E-state index contributed by atoms with van der Waals surface area (Å²) in [5.41, 5.74) is 0.659. The number of hydrogen-bond acceptors (Lipinski definition) is 2. The molecular weight excluding hydrogens is 299 g/mol. The van der Waals surface area contributed by atoms with Crippen molar-refractivity contribution in [3.8, 4) is 0 Å². The first-order chi connectivity index (χ1) is 9.06. The maximum atomic E-state index is 12.9. The molecule has 2 aromatic rings. The summed E-state index contributed by atoms with van der Waals surface area (Å²) in [6, 6.07) is 9.62. The van der Waals surface area contributed by atoms with Crippen LogP contribution in [0.25, 0.3) is 0 Å². The zero-order chi connectivity index (χ0) is 14.9. The molecule has 0 aliphatic rings. The van der Waals surface area contributed by atoms with E-state index in [9.17, 15) is 19.4 Å². The van der Waals surface area contributed by atoms with Gasteiger partial charge in [0, 0.05) is 12.7 Å². The molecule has 2 nitrogen and oxygen atoms in total. The van der Waals surface area contributed by atoms with Gasteiger partial charge >= 0.3 is 10.2 Å². The SMILES string of the molecule is FS(F)(F)(F)(F)c1cccnc1NCc1ccccc1. The van der Waals surface area contributed by atoms with Gasteiger partial charge in [-0.05, 0) is 17.7 Å². The topological polar surface area (TPSA) is 24.9 Å². The highest BCUT2D eigenvalue weighted by atomic mass is 32.5. The lowest BCUT2D eigenvalue weighted by molar-refractivity contribution is 0.364. The van der Waals surface area contributed by atoms with Crippen LogP contribution in [0.2, 0.25) is 0 Å². The number of nitrogens with one attached hydrogen (secondary N) is 1. The Bertz CT molecular complexity index is 612. The van der Waals surface area contributed by atoms with Crippen LogP contribution in [0, 0.1) is 0 Å². The fraction of sp³-hybridized carbons (Fsp3) is 0.0833. The van der Waals surface area contributed by atoms with Gasteiger partial charge in [-0.15, -0.1) is 0 Å². The second-order valence-electron chi connectivity index (χ2n) is 4.16. The molecule has 0 radical (unpaired) electrons. The van der Waals surface area contributed by atoms with Crippen LogP contribution in [0.5, 0.6) is 0 Å². The molecule has 0 fully saturated rings. The van der Waals surface area contributed by atoms with E-state index in [1.54, 1.807) is 30.3 Å². The normalized spacial score (nSPS) is 15.2. The molecule has 0 aliphatic carbocycles. The summed E-state index contributed by atoms with van der Waals surface area (Å²) in [5.74, 6) is -0.865. The molecule has 8 heteroatoms. The molecule has 0 saturated carbocycles. The Balaban J connectivity index is 2.31. The first-order valence-corrected chi connectivity index (χ1v) is 7.48. The average molecular weight is 310 g/mol. The van der Waals surface area contributed by atoms with E-state index in [1.165, 1.54) is 0 Å². The number of pyridine rings is 1. The van der Waals surface area contributed by atoms with Crippen molar-refractivity contribution in [3.05, 3.63) is 54.2 Å². The Hall–Kier alpha value is -1.83. The summed E-state index contributed by atoms with van der Waals surface area (Å²) >= 11 is 0. The van der Waals surface area contributed by atoms with E-state index in [0.29, 0.717) is 11.6 Å². The first-order valence-electron chi connectivity index (χ1n) is 5.53. The van der Waals surface area contributed by atoms with E-state index >= 15 is 0 Å². The number of anilines is 1. The summed E-state index contributed by atoms with van der Waals surface area (Å²) in [7, 11) is -9.75. The molecular formula is C12H11F5N2S. The summed E-state index contributed by atoms with van der Waals surface area (Å²) in [6.07, 6.45) is 1.03. The Labute approximate surface area is 112 Å². The van der Waals surface area contributed by atoms with Gasteiger partial charge in [0.05, 0.1) is 0 Å². The van der Waals surface area contributed by atoms with Gasteiger partial charge in [-0.25, -0.2) is 4.98 Å². The molecule has 0 bridgehead atoms. The van der Waals surface area contributed by atoms with Crippen LogP contribution in [0.1, 0.15) is 5.56 Å². The largest absolute Gasteiger partial charge is 0.365 e. The van der Waals surface area contributed by atoms with Crippen molar-refractivity contribution >= 4 is 16.0 Å². The lowest BCUT2D eigenvalue weighted by atomic mass is 10.2. The van der Waals surface area contributed by atoms with Crippen LogP contribution < -0.4 is 5.32 Å². The lowest BCUT2D eigenvalue weighted by Gasteiger charge is -2.41. The van der Waals surface area contributed by atoms with Gasteiger partial charge < -0.3 is 5.32 Å². The molecule has 0 amide bonds. The third-order valence-electron chi connectivity index (χ3n) is 2.49. The number of halogens is 5. The van der Waals surface area contributed by atoms with Gasteiger partial charge in [0.1, 0.15) is 10.7 Å². The summed E-state index contributed by atoms with van der Waals surface area (Å²) in [5, 5.41) is 2.30. The fourth-order valence-electron chi connectivity index (χ4n) is 1.62. The number of rotatable bonds is 4. The van der Waals surface area contributed by atoms with Crippen LogP contribution in [-0.2, 0) is 6.54 Å². The maximum absolute atomic E-state index is 12.9. The van der Waals surface area contributed by atoms with Gasteiger partial charge in [0.15, 0.2) is 0 Å². The van der Waals surface area contributed by atoms with Crippen LogP contribution in [0.15, 0.2) is 53.6 Å². The van der Waals surface area contributed by atoms with E-state index in [4.69, 9.17) is 0 Å². The van der Waals surface area contributed by atoms with Crippen molar-refractivity contribution in [1.82, 2.24) is 4.98 Å². The zero-order valence-corrected chi connectivity index (χ0v) is 10.9. The average Bonchev–Trinajstić information content (AvgIpc) is 2.35. The summed E-state index contributed by atoms with van der Waals surface area (Å²) < 4.78 is 64.3. The second kappa shape index (κ2) is 4.08. The highest BCUT2D eigenvalue weighted by molar-refractivity contribution is 8.45. The number of aromatic nitrogens is 1. The number of benzene rings is 1. The van der Waals surface area contributed by atoms with Crippen molar-refractivity contribution in [3.63, 3.8) is 0 Å². The van der Waals surface area contributed by atoms with Gasteiger partial charge in [0.2, 0.25) is 0 Å². The van der Waals surface area contributed by atoms with Crippen molar-refractivity contribution in [1.29, 1.82) is 0 Å². The fourth-order valence-corrected chi connectivity index (χ4v) is 2.44. The van der Waals surface area contributed by atoms with Crippen LogP contribution >= 0.6 is 10.2 Å². The standard InChI is InChI=1S/C12H11F5N2S/c13-20(14,15,16,17)11-7-4-8-18-12(11)19-9-10-5-2-1-3-6-10/h1-8H,9H2,(H,18,19). The molecule has 1 heterocycles. The monoisotopic (exact) mass is 310 g/mol. The van der Waals surface area contributed by atoms with Gasteiger partial charge in [-0.1, -0.05) is 49.8 Å². The number of nitrogens with zero attached hydrogens (tertiary/aromatic N) is 1. The van der Waals surface area contributed by atoms with Crippen molar-refractivity contribution in [2.75, 3.05) is 5.32 Å². The van der Waals surface area contributed by atoms with Crippen molar-refractivity contribution < 1.29 is 19.4 Å². The molecule has 0 unspecified atom stereocenters. The van der Waals surface area contributed by atoms with E-state index < -0.39 is 20.9 Å². The Morgan fingerprint density at radius 3 is 2.15 bits per heavy atom. The minimum Gasteiger partial charge on any atom is -0.365 e. The first kappa shape index (κ1) is 14.6. The summed E-state index contributed by atoms with van der Waals surface area (Å²) in [6.45, 7) is -0.0291. The van der Waals surface area contributed by atoms with Crippen LogP contribution in [0.4, 0.5) is 25.2 Å². The van der Waals surface area contributed by atoms with E-state index in [-0.39, 0.29) is 6.54 Å². The van der Waals surface area contributed by atoms with Crippen LogP contribution in [-0.4, -0.2) is 4.98 Å². The third kappa shape index (κ3) is 3.60. The Morgan fingerprint density at radius 2 is 1.55 bits per heavy atom. The van der Waals surface area contributed by atoms with Crippen molar-refractivity contribution in [2.24, 2.45) is 0 Å². The minimum atomic E-state index is -9.75. The van der Waals surface area contributed by atoms with Gasteiger partial charge in [-0.2, -0.15) is 0 Å². The summed E-state index contributed by atoms with van der Waals surface area (Å²) in [4.78, 5) is 1.37. The predicted molar refractivity (Wildman–Crippen MR) is 69.4 cm³/mol. The predicted octanol–water partition coefficient (Wildman–Crippen LogP) is 5.35. The Morgan fingerprint density at radius 1 is 0.900 bits per heavy atom. The van der Waals surface area contributed by atoms with Gasteiger partial charge in [-0.3, -0.25) is 0 Å². The number of hydrogen-bond donors (Lipinski definition) is 1. The quantitative estimate of drug-likeness (QED) is 0.770. The molecule has 0 saturated heterocycles. The third-order valence-corrected chi connectivity index (χ3v) is 3.65. The molecule has 1 aromatic carbocycles. The molecule has 110 valence electrons. The highest BCUT2D eigenvalue weighted by Crippen LogP contribution is 3.02. The highest BCUT2D eigenvalue weighted by Gasteiger charge is 2.67. The lowest BCUT2D eigenvalue weighted by Crippen LogP contribution is -2.12. The Kier molecular flexibility index (Phi) is 2.97. The van der Waals surface area contributed by atoms with Crippen LogP contribution in [0.3, 0.4) is 0 Å². The second-order valence-corrected chi connectivity index (χ2v) is 6.54. The maximum Gasteiger partial charge on any atom is 0.313 e. The minimum absolute atomic E-state index is 0.0291. The molecule has 0 atom stereocenters. The molecule has 2 rings (SSSR count). The smallest absolute Gasteiger partial charge is 0.313 e. The zero-order valence-electron chi connectivity index (χ0n) is 10.1.